The molecule has 0 amide bonds. The molecule has 0 saturated carbocycles. The Kier molecular flexibility index (Phi) is 11.9. The molecular formula is C19H24N3OS2Tc. The first-order valence-corrected chi connectivity index (χ1v) is 10.2. The van der Waals surface area contributed by atoms with E-state index in [1.54, 1.807) is 0 Å². The number of nitrogens with one attached hydrogen (secondary N) is 1. The van der Waals surface area contributed by atoms with Crippen molar-refractivity contribution in [1.82, 2.24) is 5.32 Å². The van der Waals surface area contributed by atoms with E-state index in [0.717, 1.165) is 37.6 Å². The monoisotopic (exact) mass is 471 g/mol. The Hall–Kier alpha value is -0.851. The first-order valence-electron chi connectivity index (χ1n) is 8.26. The van der Waals surface area contributed by atoms with E-state index in [4.69, 9.17) is 28.8 Å². The summed E-state index contributed by atoms with van der Waals surface area (Å²) in [6.07, 6.45) is 0. The molecule has 0 aliphatic rings. The van der Waals surface area contributed by atoms with Crippen molar-refractivity contribution in [2.24, 2.45) is 0 Å². The maximum atomic E-state index is 8.22. The molecule has 0 heterocycles. The van der Waals surface area contributed by atoms with Gasteiger partial charge in [-0.25, -0.2) is 0 Å². The van der Waals surface area contributed by atoms with Gasteiger partial charge in [0.2, 0.25) is 0 Å². The van der Waals surface area contributed by atoms with Crippen molar-refractivity contribution < 1.29 is 22.4 Å². The van der Waals surface area contributed by atoms with Crippen LogP contribution in [0.25, 0.3) is 16.4 Å². The quantitative estimate of drug-likeness (QED) is 0.447. The minimum absolute atomic E-state index is 0.646. The predicted octanol–water partition coefficient (Wildman–Crippen LogP) is 3.49. The summed E-state index contributed by atoms with van der Waals surface area (Å²) in [6, 6.07) is 15.0. The maximum absolute atomic E-state index is 8.22. The summed E-state index contributed by atoms with van der Waals surface area (Å²) in [7, 11) is 4.10. The van der Waals surface area contributed by atoms with E-state index in [0.29, 0.717) is 18.1 Å². The van der Waals surface area contributed by atoms with Crippen molar-refractivity contribution in [2.75, 3.05) is 43.6 Å². The SMILES string of the molecule is CN(C)c1ccc(-c2ccc([N-]CC[S-])c(CNCC[S-])c2)cc1.[O]=[Tc+3]. The van der Waals surface area contributed by atoms with Gasteiger partial charge in [-0.3, -0.25) is 0 Å². The number of benzene rings is 2. The molecule has 1 N–H and O–H groups in total. The molecule has 4 nitrogen and oxygen atoms in total. The molecule has 2 aromatic rings. The van der Waals surface area contributed by atoms with Crippen molar-refractivity contribution in [3.63, 3.8) is 0 Å². The number of nitrogens with zero attached hydrogens (tertiary/aromatic N) is 2. The Morgan fingerprint density at radius 3 is 2.23 bits per heavy atom. The zero-order chi connectivity index (χ0) is 19.4. The standard InChI is InChI=1S/C19H26N3S2.O.Tc/c1-22(2)18-6-3-15(4-7-18)16-5-8-19(21-10-12-24)17(13-16)14-20-9-11-23;;/h3-8,13,20,23-24H,9-12,14H2,1-2H3;;/q-1;;+3/p-2. The fourth-order valence-corrected chi connectivity index (χ4v) is 2.71. The number of hydrogen-bond acceptors (Lipinski definition) is 5. The molecule has 0 fully saturated rings. The van der Waals surface area contributed by atoms with Gasteiger partial charge in [-0.1, -0.05) is 30.3 Å². The Balaban J connectivity index is 0.00000163. The molecule has 140 valence electrons. The zero-order valence-corrected chi connectivity index (χ0v) is 18.6. The molecule has 26 heavy (non-hydrogen) atoms. The van der Waals surface area contributed by atoms with Crippen LogP contribution in [0, 0.1) is 0 Å². The Morgan fingerprint density at radius 2 is 1.65 bits per heavy atom. The summed E-state index contributed by atoms with van der Waals surface area (Å²) >= 11 is 10.9. The molecule has 0 spiro atoms. The van der Waals surface area contributed by atoms with E-state index in [1.165, 1.54) is 22.4 Å². The Morgan fingerprint density at radius 1 is 1.00 bits per heavy atom. The zero-order valence-electron chi connectivity index (χ0n) is 15.1. The van der Waals surface area contributed by atoms with Gasteiger partial charge in [0, 0.05) is 26.3 Å². The fraction of sp³-hybridized carbons (Fsp3) is 0.368. The normalized spacial score (nSPS) is 9.96. The first-order chi connectivity index (χ1) is 12.7. The average Bonchev–Trinajstić information content (AvgIpc) is 2.68. The van der Waals surface area contributed by atoms with Crippen LogP contribution < -0.4 is 10.2 Å². The first kappa shape index (κ1) is 23.2. The van der Waals surface area contributed by atoms with E-state index >= 15 is 0 Å². The van der Waals surface area contributed by atoms with Crippen LogP contribution >= 0.6 is 0 Å². The minimum atomic E-state index is 0.646. The van der Waals surface area contributed by atoms with Crippen LogP contribution in [0.2, 0.25) is 0 Å². The van der Waals surface area contributed by atoms with Gasteiger partial charge < -0.3 is 40.8 Å². The van der Waals surface area contributed by atoms with E-state index < -0.39 is 0 Å². The molecule has 2 rings (SSSR count). The second-order valence-electron chi connectivity index (χ2n) is 5.75. The molecule has 7 heteroatoms. The summed E-state index contributed by atoms with van der Waals surface area (Å²) in [4.78, 5) is 2.10. The molecule has 0 saturated heterocycles. The second kappa shape index (κ2) is 13.3. The van der Waals surface area contributed by atoms with Crippen molar-refractivity contribution in [2.45, 2.75) is 6.54 Å². The van der Waals surface area contributed by atoms with Crippen LogP contribution in [0.15, 0.2) is 42.5 Å². The van der Waals surface area contributed by atoms with Crippen molar-refractivity contribution in [3.8, 4) is 11.1 Å². The Bertz CT molecular complexity index is 654. The van der Waals surface area contributed by atoms with E-state index in [9.17, 15) is 0 Å². The van der Waals surface area contributed by atoms with Crippen LogP contribution in [0.3, 0.4) is 0 Å². The molecule has 2 aromatic carbocycles. The van der Waals surface area contributed by atoms with Gasteiger partial charge in [-0.15, -0.1) is 5.69 Å². The van der Waals surface area contributed by atoms with Crippen molar-refractivity contribution >= 4 is 36.6 Å². The number of anilines is 1. The van der Waals surface area contributed by atoms with E-state index in [-0.39, 0.29) is 0 Å². The van der Waals surface area contributed by atoms with Gasteiger partial charge in [0.05, 0.1) is 0 Å². The summed E-state index contributed by atoms with van der Waals surface area (Å²) < 4.78 is 8.22. The van der Waals surface area contributed by atoms with Crippen LogP contribution in [-0.2, 0) is 54.2 Å². The third-order valence-electron chi connectivity index (χ3n) is 3.76. The number of rotatable bonds is 9. The molecule has 0 radical (unpaired) electrons. The topological polar surface area (TPSA) is 46.4 Å². The van der Waals surface area contributed by atoms with Gasteiger partial charge in [0.15, 0.2) is 0 Å². The fourth-order valence-electron chi connectivity index (χ4n) is 2.47. The van der Waals surface area contributed by atoms with Crippen LogP contribution in [0.5, 0.6) is 0 Å². The van der Waals surface area contributed by atoms with Crippen LogP contribution in [0.1, 0.15) is 5.56 Å². The molecule has 0 aliphatic heterocycles. The van der Waals surface area contributed by atoms with Crippen molar-refractivity contribution in [1.29, 1.82) is 0 Å². The van der Waals surface area contributed by atoms with Crippen LogP contribution in [0.4, 0.5) is 11.4 Å². The van der Waals surface area contributed by atoms with Gasteiger partial charge in [0.1, 0.15) is 0 Å². The molecule has 0 aliphatic carbocycles. The molecule has 0 atom stereocenters. The summed E-state index contributed by atoms with van der Waals surface area (Å²) in [5.41, 5.74) is 5.82. The van der Waals surface area contributed by atoms with Gasteiger partial charge in [-0.2, -0.15) is 18.1 Å². The summed E-state index contributed by atoms with van der Waals surface area (Å²) in [6.45, 7) is 2.29. The van der Waals surface area contributed by atoms with Gasteiger partial charge >= 0.3 is 22.4 Å². The Labute approximate surface area is 178 Å². The second-order valence-corrected chi connectivity index (χ2v) is 6.57. The molecule has 0 unspecified atom stereocenters. The van der Waals surface area contributed by atoms with Gasteiger partial charge in [-0.05, 0) is 35.4 Å². The summed E-state index contributed by atoms with van der Waals surface area (Å²) in [5.74, 6) is 1.36. The third-order valence-corrected chi connectivity index (χ3v) is 4.15. The molecule has 0 aromatic heterocycles. The van der Waals surface area contributed by atoms with E-state index in [1.807, 2.05) is 14.1 Å². The third kappa shape index (κ3) is 7.41. The molecule has 0 bridgehead atoms. The summed E-state index contributed by atoms with van der Waals surface area (Å²) in [5, 5.41) is 7.97. The number of hydrogen-bond donors (Lipinski definition) is 1. The van der Waals surface area contributed by atoms with Crippen LogP contribution in [-0.4, -0.2) is 38.7 Å². The average molecular weight is 473 g/mol. The van der Waals surface area contributed by atoms with Crippen molar-refractivity contribution in [3.05, 3.63) is 53.3 Å². The predicted molar refractivity (Wildman–Crippen MR) is 111 cm³/mol. The van der Waals surface area contributed by atoms with Gasteiger partial charge in [0.25, 0.3) is 0 Å². The molecular weight excluding hydrogens is 448 g/mol. The van der Waals surface area contributed by atoms with E-state index in [2.05, 4.69) is 58.0 Å².